The van der Waals surface area contributed by atoms with Gasteiger partial charge in [-0.15, -0.1) is 0 Å². The molecule has 0 unspecified atom stereocenters. The predicted octanol–water partition coefficient (Wildman–Crippen LogP) is 3.30. The zero-order valence-corrected chi connectivity index (χ0v) is 14.1. The van der Waals surface area contributed by atoms with Crippen LogP contribution in [-0.4, -0.2) is 13.1 Å². The van der Waals surface area contributed by atoms with Gasteiger partial charge in [-0.3, -0.25) is 0 Å². The van der Waals surface area contributed by atoms with Gasteiger partial charge in [0, 0.05) is 12.1 Å². The zero-order chi connectivity index (χ0) is 17.6. The van der Waals surface area contributed by atoms with E-state index in [0.717, 1.165) is 16.9 Å². The Labute approximate surface area is 142 Å². The smallest absolute Gasteiger partial charge is 0.315 e. The van der Waals surface area contributed by atoms with Gasteiger partial charge in [-0.1, -0.05) is 30.3 Å². The van der Waals surface area contributed by atoms with Crippen LogP contribution in [-0.2, 0) is 12.1 Å². The SMILES string of the molecule is COc1ccccc1C(C)(C)NC(=O)NCc1cccc(C#N)c1. The lowest BCUT2D eigenvalue weighted by Crippen LogP contribution is -2.46. The number of ether oxygens (including phenoxy) is 1. The number of benzene rings is 2. The number of methoxy groups -OCH3 is 1. The highest BCUT2D eigenvalue weighted by atomic mass is 16.5. The van der Waals surface area contributed by atoms with E-state index in [-0.39, 0.29) is 6.03 Å². The van der Waals surface area contributed by atoms with Crippen LogP contribution in [0, 0.1) is 11.3 Å². The summed E-state index contributed by atoms with van der Waals surface area (Å²) in [6, 6.07) is 16.5. The number of urea groups is 1. The van der Waals surface area contributed by atoms with Crippen LogP contribution >= 0.6 is 0 Å². The van der Waals surface area contributed by atoms with Gasteiger partial charge in [0.15, 0.2) is 0 Å². The molecule has 124 valence electrons. The highest BCUT2D eigenvalue weighted by Gasteiger charge is 2.25. The number of nitriles is 1. The van der Waals surface area contributed by atoms with Gasteiger partial charge in [0.25, 0.3) is 0 Å². The largest absolute Gasteiger partial charge is 0.496 e. The first kappa shape index (κ1) is 17.4. The summed E-state index contributed by atoms with van der Waals surface area (Å²) in [5, 5.41) is 14.7. The molecule has 0 bridgehead atoms. The molecule has 5 heteroatoms. The number of nitrogens with one attached hydrogen (secondary N) is 2. The van der Waals surface area contributed by atoms with Crippen LogP contribution in [0.4, 0.5) is 4.79 Å². The zero-order valence-electron chi connectivity index (χ0n) is 14.1. The van der Waals surface area contributed by atoms with Crippen LogP contribution in [0.2, 0.25) is 0 Å². The van der Waals surface area contributed by atoms with E-state index in [9.17, 15) is 4.79 Å². The van der Waals surface area contributed by atoms with E-state index in [4.69, 9.17) is 10.00 Å². The van der Waals surface area contributed by atoms with E-state index in [1.807, 2.05) is 44.2 Å². The molecule has 0 fully saturated rings. The maximum Gasteiger partial charge on any atom is 0.315 e. The monoisotopic (exact) mass is 323 g/mol. The standard InChI is InChI=1S/C19H21N3O2/c1-19(2,16-9-4-5-10-17(16)24-3)22-18(23)21-13-15-8-6-7-14(11-15)12-20/h4-11H,13H2,1-3H3,(H2,21,22,23). The van der Waals surface area contributed by atoms with E-state index in [2.05, 4.69) is 16.7 Å². The van der Waals surface area contributed by atoms with Crippen molar-refractivity contribution in [2.45, 2.75) is 25.9 Å². The summed E-state index contributed by atoms with van der Waals surface area (Å²) in [6.45, 7) is 4.19. The number of nitrogens with zero attached hydrogens (tertiary/aromatic N) is 1. The van der Waals surface area contributed by atoms with Crippen LogP contribution in [0.3, 0.4) is 0 Å². The lowest BCUT2D eigenvalue weighted by Gasteiger charge is -2.28. The molecule has 24 heavy (non-hydrogen) atoms. The van der Waals surface area contributed by atoms with Gasteiger partial charge in [0.05, 0.1) is 24.3 Å². The van der Waals surface area contributed by atoms with E-state index in [1.165, 1.54) is 0 Å². The minimum absolute atomic E-state index is 0.284. The number of amides is 2. The van der Waals surface area contributed by atoms with Crippen LogP contribution in [0.1, 0.15) is 30.5 Å². The Hall–Kier alpha value is -3.00. The first-order chi connectivity index (χ1) is 11.5. The van der Waals surface area contributed by atoms with Crippen molar-refractivity contribution in [2.75, 3.05) is 7.11 Å². The second kappa shape index (κ2) is 7.51. The summed E-state index contributed by atoms with van der Waals surface area (Å²) in [7, 11) is 1.61. The molecule has 2 amide bonds. The van der Waals surface area contributed by atoms with Gasteiger partial charge < -0.3 is 15.4 Å². The molecule has 0 aliphatic heterocycles. The van der Waals surface area contributed by atoms with Crippen molar-refractivity contribution in [1.82, 2.24) is 10.6 Å². The Balaban J connectivity index is 2.01. The molecule has 0 saturated carbocycles. The van der Waals surface area contributed by atoms with Crippen molar-refractivity contribution in [2.24, 2.45) is 0 Å². The third kappa shape index (κ3) is 4.26. The molecular weight excluding hydrogens is 302 g/mol. The number of rotatable bonds is 5. The lowest BCUT2D eigenvalue weighted by atomic mass is 9.93. The van der Waals surface area contributed by atoms with E-state index < -0.39 is 5.54 Å². The molecule has 0 atom stereocenters. The Morgan fingerprint density at radius 2 is 1.96 bits per heavy atom. The summed E-state index contributed by atoms with van der Waals surface area (Å²) in [5.74, 6) is 0.726. The average Bonchev–Trinajstić information content (AvgIpc) is 2.59. The molecule has 2 aromatic rings. The molecule has 2 N–H and O–H groups in total. The molecule has 2 rings (SSSR count). The molecule has 0 aromatic heterocycles. The Bertz CT molecular complexity index is 763. The fourth-order valence-corrected chi connectivity index (χ4v) is 2.49. The van der Waals surface area contributed by atoms with Crippen LogP contribution in [0.15, 0.2) is 48.5 Å². The second-order valence-corrected chi connectivity index (χ2v) is 5.95. The van der Waals surface area contributed by atoms with Gasteiger partial charge in [0.1, 0.15) is 5.75 Å². The van der Waals surface area contributed by atoms with Crippen molar-refractivity contribution in [3.8, 4) is 11.8 Å². The normalized spacial score (nSPS) is 10.6. The fourth-order valence-electron chi connectivity index (χ4n) is 2.49. The third-order valence-corrected chi connectivity index (χ3v) is 3.72. The lowest BCUT2D eigenvalue weighted by molar-refractivity contribution is 0.229. The van der Waals surface area contributed by atoms with Crippen LogP contribution in [0.5, 0.6) is 5.75 Å². The number of carbonyl (C=O) groups is 1. The molecule has 5 nitrogen and oxygen atoms in total. The summed E-state index contributed by atoms with van der Waals surface area (Å²) in [5.41, 5.74) is 1.75. The van der Waals surface area contributed by atoms with Crippen LogP contribution < -0.4 is 15.4 Å². The highest BCUT2D eigenvalue weighted by molar-refractivity contribution is 5.75. The average molecular weight is 323 g/mol. The summed E-state index contributed by atoms with van der Waals surface area (Å²) in [4.78, 5) is 12.2. The fraction of sp³-hybridized carbons (Fsp3) is 0.263. The Morgan fingerprint density at radius 3 is 2.67 bits per heavy atom. The molecule has 0 heterocycles. The minimum Gasteiger partial charge on any atom is -0.496 e. The first-order valence-corrected chi connectivity index (χ1v) is 7.65. The molecule has 0 radical (unpaired) electrons. The quantitative estimate of drug-likeness (QED) is 0.886. The van der Waals surface area contributed by atoms with E-state index >= 15 is 0 Å². The number of hydrogen-bond acceptors (Lipinski definition) is 3. The molecule has 0 aliphatic carbocycles. The van der Waals surface area contributed by atoms with Gasteiger partial charge in [0.2, 0.25) is 0 Å². The van der Waals surface area contributed by atoms with E-state index in [0.29, 0.717) is 12.1 Å². The van der Waals surface area contributed by atoms with Gasteiger partial charge in [-0.2, -0.15) is 5.26 Å². The first-order valence-electron chi connectivity index (χ1n) is 7.65. The Kier molecular flexibility index (Phi) is 5.43. The molecular formula is C19H21N3O2. The summed E-state index contributed by atoms with van der Waals surface area (Å²) >= 11 is 0. The molecule has 0 spiro atoms. The van der Waals surface area contributed by atoms with Crippen molar-refractivity contribution >= 4 is 6.03 Å². The van der Waals surface area contributed by atoms with Crippen molar-refractivity contribution in [3.05, 3.63) is 65.2 Å². The van der Waals surface area contributed by atoms with Gasteiger partial charge >= 0.3 is 6.03 Å². The summed E-state index contributed by atoms with van der Waals surface area (Å²) in [6.07, 6.45) is 0. The Morgan fingerprint density at radius 1 is 1.21 bits per heavy atom. The van der Waals surface area contributed by atoms with Gasteiger partial charge in [-0.05, 0) is 37.6 Å². The van der Waals surface area contributed by atoms with Crippen molar-refractivity contribution < 1.29 is 9.53 Å². The predicted molar refractivity (Wildman–Crippen MR) is 92.5 cm³/mol. The van der Waals surface area contributed by atoms with E-state index in [1.54, 1.807) is 25.3 Å². The molecule has 2 aromatic carbocycles. The molecule has 0 saturated heterocycles. The molecule has 0 aliphatic rings. The van der Waals surface area contributed by atoms with Crippen molar-refractivity contribution in [1.29, 1.82) is 5.26 Å². The maximum absolute atomic E-state index is 12.2. The van der Waals surface area contributed by atoms with Gasteiger partial charge in [-0.25, -0.2) is 4.79 Å². The second-order valence-electron chi connectivity index (χ2n) is 5.95. The van der Waals surface area contributed by atoms with Crippen molar-refractivity contribution in [3.63, 3.8) is 0 Å². The minimum atomic E-state index is -0.592. The number of para-hydroxylation sites is 1. The highest BCUT2D eigenvalue weighted by Crippen LogP contribution is 2.29. The summed E-state index contributed by atoms with van der Waals surface area (Å²) < 4.78 is 5.37. The topological polar surface area (TPSA) is 74.2 Å². The number of hydrogen-bond donors (Lipinski definition) is 2. The maximum atomic E-state index is 12.2. The third-order valence-electron chi connectivity index (χ3n) is 3.72. The van der Waals surface area contributed by atoms with Crippen LogP contribution in [0.25, 0.3) is 0 Å². The number of carbonyl (C=O) groups excluding carboxylic acids is 1.